The normalized spacial score (nSPS) is 12.3. The van der Waals surface area contributed by atoms with Crippen molar-refractivity contribution in [1.82, 2.24) is 24.9 Å². The lowest BCUT2D eigenvalue weighted by Crippen LogP contribution is -2.20. The van der Waals surface area contributed by atoms with Crippen LogP contribution in [-0.2, 0) is 6.54 Å². The molecule has 1 N–H and O–H groups in total. The van der Waals surface area contributed by atoms with Gasteiger partial charge in [-0.2, -0.15) is 10.2 Å². The van der Waals surface area contributed by atoms with Crippen LogP contribution in [0.15, 0.2) is 67.1 Å². The van der Waals surface area contributed by atoms with E-state index in [1.165, 1.54) is 24.3 Å². The molecule has 0 bridgehead atoms. The van der Waals surface area contributed by atoms with Gasteiger partial charge < -0.3 is 5.32 Å². The lowest BCUT2D eigenvalue weighted by molar-refractivity contribution is 0.564. The summed E-state index contributed by atoms with van der Waals surface area (Å²) in [6.07, 6.45) is 5.29. The van der Waals surface area contributed by atoms with Crippen molar-refractivity contribution >= 4 is 0 Å². The second-order valence-corrected chi connectivity index (χ2v) is 6.90. The molecule has 2 aromatic heterocycles. The van der Waals surface area contributed by atoms with Crippen LogP contribution in [0, 0.1) is 18.6 Å². The molecule has 29 heavy (non-hydrogen) atoms. The number of hydrogen-bond acceptors (Lipinski definition) is 3. The maximum Gasteiger partial charge on any atom is 0.125 e. The van der Waals surface area contributed by atoms with E-state index in [2.05, 4.69) is 15.5 Å². The number of rotatable bonds is 6. The smallest absolute Gasteiger partial charge is 0.125 e. The minimum atomic E-state index is -0.303. The van der Waals surface area contributed by atoms with Crippen molar-refractivity contribution in [2.75, 3.05) is 0 Å². The lowest BCUT2D eigenvalue weighted by atomic mass is 10.1. The van der Waals surface area contributed by atoms with Crippen molar-refractivity contribution < 1.29 is 8.78 Å². The molecule has 0 aliphatic heterocycles. The molecule has 2 aromatic carbocycles. The summed E-state index contributed by atoms with van der Waals surface area (Å²) in [5.74, 6) is -0.595. The Morgan fingerprint density at radius 2 is 1.86 bits per heavy atom. The van der Waals surface area contributed by atoms with E-state index in [1.807, 2.05) is 32.2 Å². The largest absolute Gasteiger partial charge is 0.306 e. The van der Waals surface area contributed by atoms with Gasteiger partial charge in [0.1, 0.15) is 11.6 Å². The van der Waals surface area contributed by atoms with Crippen LogP contribution in [0.4, 0.5) is 8.78 Å². The highest BCUT2D eigenvalue weighted by atomic mass is 19.1. The highest BCUT2D eigenvalue weighted by Gasteiger charge is 2.15. The van der Waals surface area contributed by atoms with Crippen LogP contribution in [0.25, 0.3) is 11.4 Å². The van der Waals surface area contributed by atoms with Crippen molar-refractivity contribution in [2.24, 2.45) is 0 Å². The summed E-state index contributed by atoms with van der Waals surface area (Å²) in [6.45, 7) is 4.42. The molecule has 0 saturated heterocycles. The third kappa shape index (κ3) is 3.95. The molecular formula is C22H21F2N5. The predicted octanol–water partition coefficient (Wildman–Crippen LogP) is 4.50. The number of nitrogens with zero attached hydrogens (tertiary/aromatic N) is 4. The lowest BCUT2D eigenvalue weighted by Gasteiger charge is -2.16. The third-order valence-corrected chi connectivity index (χ3v) is 4.96. The molecular weight excluding hydrogens is 372 g/mol. The van der Waals surface area contributed by atoms with Gasteiger partial charge >= 0.3 is 0 Å². The Kier molecular flexibility index (Phi) is 5.22. The molecule has 0 radical (unpaired) electrons. The fraction of sp³-hybridized carbons (Fsp3) is 0.182. The van der Waals surface area contributed by atoms with Crippen molar-refractivity contribution in [3.63, 3.8) is 0 Å². The van der Waals surface area contributed by atoms with Gasteiger partial charge in [-0.1, -0.05) is 6.07 Å². The fourth-order valence-electron chi connectivity index (χ4n) is 3.42. The number of halogens is 2. The van der Waals surface area contributed by atoms with Crippen LogP contribution >= 0.6 is 0 Å². The van der Waals surface area contributed by atoms with E-state index in [0.717, 1.165) is 22.5 Å². The Hall–Kier alpha value is -3.32. The highest BCUT2D eigenvalue weighted by Crippen LogP contribution is 2.22. The monoisotopic (exact) mass is 393 g/mol. The molecule has 0 spiro atoms. The van der Waals surface area contributed by atoms with E-state index in [-0.39, 0.29) is 17.7 Å². The molecule has 148 valence electrons. The first kappa shape index (κ1) is 19.0. The SMILES string of the molecule is Cc1c([C@H](C)NCc2cc(F)ccc2-n2cccn2)cnn1-c1cccc(F)c1. The molecule has 4 aromatic rings. The second-order valence-electron chi connectivity index (χ2n) is 6.90. The van der Waals surface area contributed by atoms with Gasteiger partial charge in [-0.15, -0.1) is 0 Å². The molecule has 7 heteroatoms. The molecule has 4 rings (SSSR count). The van der Waals surface area contributed by atoms with Gasteiger partial charge in [0.25, 0.3) is 0 Å². The van der Waals surface area contributed by atoms with Crippen LogP contribution in [0.1, 0.15) is 29.8 Å². The zero-order valence-corrected chi connectivity index (χ0v) is 16.2. The van der Waals surface area contributed by atoms with Crippen LogP contribution in [-0.4, -0.2) is 19.6 Å². The molecule has 0 saturated carbocycles. The maximum absolute atomic E-state index is 13.8. The standard InChI is InChI=1S/C22H21F2N5/c1-15(21-14-27-29(16(21)2)20-6-3-5-18(23)12-20)25-13-17-11-19(24)7-8-22(17)28-10-4-9-26-28/h3-12,14-15,25H,13H2,1-2H3/t15-/m0/s1. The zero-order chi connectivity index (χ0) is 20.4. The zero-order valence-electron chi connectivity index (χ0n) is 16.2. The molecule has 5 nitrogen and oxygen atoms in total. The van der Waals surface area contributed by atoms with E-state index >= 15 is 0 Å². The van der Waals surface area contributed by atoms with Crippen LogP contribution < -0.4 is 5.32 Å². The predicted molar refractivity (Wildman–Crippen MR) is 107 cm³/mol. The topological polar surface area (TPSA) is 47.7 Å². The number of aromatic nitrogens is 4. The van der Waals surface area contributed by atoms with Crippen LogP contribution in [0.5, 0.6) is 0 Å². The van der Waals surface area contributed by atoms with Gasteiger partial charge in [-0.25, -0.2) is 18.1 Å². The first-order chi connectivity index (χ1) is 14.0. The van der Waals surface area contributed by atoms with Gasteiger partial charge in [0.15, 0.2) is 0 Å². The average molecular weight is 393 g/mol. The van der Waals surface area contributed by atoms with E-state index in [0.29, 0.717) is 12.2 Å². The van der Waals surface area contributed by atoms with Crippen molar-refractivity contribution in [2.45, 2.75) is 26.4 Å². The molecule has 1 atom stereocenters. The minimum absolute atomic E-state index is 0.0361. The second kappa shape index (κ2) is 7.97. The van der Waals surface area contributed by atoms with E-state index in [4.69, 9.17) is 0 Å². The Bertz CT molecular complexity index is 1120. The molecule has 0 aliphatic rings. The van der Waals surface area contributed by atoms with Gasteiger partial charge in [0.05, 0.1) is 17.6 Å². The molecule has 0 fully saturated rings. The summed E-state index contributed by atoms with van der Waals surface area (Å²) in [4.78, 5) is 0. The maximum atomic E-state index is 13.8. The van der Waals surface area contributed by atoms with Crippen molar-refractivity contribution in [1.29, 1.82) is 0 Å². The first-order valence-corrected chi connectivity index (χ1v) is 9.35. The summed E-state index contributed by atoms with van der Waals surface area (Å²) in [7, 11) is 0. The van der Waals surface area contributed by atoms with Crippen LogP contribution in [0.2, 0.25) is 0 Å². The summed E-state index contributed by atoms with van der Waals surface area (Å²) < 4.78 is 30.8. The number of hydrogen-bond donors (Lipinski definition) is 1. The Balaban J connectivity index is 1.54. The van der Waals surface area contributed by atoms with Gasteiger partial charge in [-0.05, 0) is 61.9 Å². The van der Waals surface area contributed by atoms with E-state index in [9.17, 15) is 8.78 Å². The van der Waals surface area contributed by atoms with Crippen LogP contribution in [0.3, 0.4) is 0 Å². The summed E-state index contributed by atoms with van der Waals surface area (Å²) in [5, 5.41) is 12.1. The van der Waals surface area contributed by atoms with Gasteiger partial charge in [-0.3, -0.25) is 0 Å². The van der Waals surface area contributed by atoms with Crippen molar-refractivity contribution in [3.8, 4) is 11.4 Å². The Labute approximate surface area is 167 Å². The minimum Gasteiger partial charge on any atom is -0.306 e. The third-order valence-electron chi connectivity index (χ3n) is 4.96. The highest BCUT2D eigenvalue weighted by molar-refractivity contribution is 5.41. The van der Waals surface area contributed by atoms with E-state index in [1.54, 1.807) is 33.9 Å². The van der Waals surface area contributed by atoms with Crippen molar-refractivity contribution in [3.05, 3.63) is 95.6 Å². The molecule has 0 unspecified atom stereocenters. The average Bonchev–Trinajstić information content (AvgIpc) is 3.36. The Morgan fingerprint density at radius 1 is 1.03 bits per heavy atom. The van der Waals surface area contributed by atoms with Gasteiger partial charge in [0, 0.05) is 36.2 Å². The first-order valence-electron chi connectivity index (χ1n) is 9.35. The quantitative estimate of drug-likeness (QED) is 0.525. The molecule has 2 heterocycles. The van der Waals surface area contributed by atoms with E-state index < -0.39 is 0 Å². The summed E-state index contributed by atoms with van der Waals surface area (Å²) in [5.41, 5.74) is 4.21. The summed E-state index contributed by atoms with van der Waals surface area (Å²) in [6, 6.07) is 12.8. The Morgan fingerprint density at radius 3 is 2.62 bits per heavy atom. The number of benzene rings is 2. The number of nitrogens with one attached hydrogen (secondary N) is 1. The van der Waals surface area contributed by atoms with Gasteiger partial charge in [0.2, 0.25) is 0 Å². The summed E-state index contributed by atoms with van der Waals surface area (Å²) >= 11 is 0. The molecule has 0 amide bonds. The molecule has 0 aliphatic carbocycles. The fourth-order valence-corrected chi connectivity index (χ4v) is 3.42.